The molecule has 10 heteroatoms. The highest BCUT2D eigenvalue weighted by Gasteiger charge is 2.37. The monoisotopic (exact) mass is 464 g/mol. The summed E-state index contributed by atoms with van der Waals surface area (Å²) in [6.45, 7) is 1.35. The number of carbonyl (C=O) groups excluding carboxylic acids is 1. The molecule has 0 aliphatic rings. The second-order valence-corrected chi connectivity index (χ2v) is 8.94. The van der Waals surface area contributed by atoms with Gasteiger partial charge >= 0.3 is 0 Å². The Morgan fingerprint density at radius 3 is 2.45 bits per heavy atom. The molecule has 8 nitrogen and oxygen atoms in total. The minimum Gasteiger partial charge on any atom is -0.497 e. The molecule has 1 amide bonds. The van der Waals surface area contributed by atoms with Crippen molar-refractivity contribution in [3.63, 3.8) is 0 Å². The average molecular weight is 465 g/mol. The van der Waals surface area contributed by atoms with Crippen LogP contribution in [-0.2, 0) is 25.4 Å². The highest BCUT2D eigenvalue weighted by atomic mass is 32.2. The third-order valence-electron chi connectivity index (χ3n) is 4.09. The van der Waals surface area contributed by atoms with Crippen molar-refractivity contribution in [2.45, 2.75) is 23.6 Å². The van der Waals surface area contributed by atoms with E-state index < -0.39 is 22.0 Å². The van der Waals surface area contributed by atoms with Gasteiger partial charge in [-0.15, -0.1) is 5.92 Å². The van der Waals surface area contributed by atoms with E-state index in [9.17, 15) is 18.4 Å². The summed E-state index contributed by atoms with van der Waals surface area (Å²) in [5, 5.41) is 9.21. The molecule has 31 heavy (non-hydrogen) atoms. The number of methoxy groups -OCH3 is 1. The first-order valence-corrected chi connectivity index (χ1v) is 11.8. The molecule has 0 radical (unpaired) electrons. The van der Waals surface area contributed by atoms with Crippen LogP contribution in [-0.4, -0.2) is 49.5 Å². The molecule has 0 saturated carbocycles. The molecule has 0 aliphatic heterocycles. The van der Waals surface area contributed by atoms with E-state index in [1.807, 2.05) is 24.3 Å². The molecule has 0 fully saturated rings. The predicted octanol–water partition coefficient (Wildman–Crippen LogP) is 2.45. The highest BCUT2D eigenvalue weighted by molar-refractivity contribution is 7.98. The third kappa shape index (κ3) is 6.99. The van der Waals surface area contributed by atoms with Crippen molar-refractivity contribution in [2.24, 2.45) is 0 Å². The predicted molar refractivity (Wildman–Crippen MR) is 118 cm³/mol. The van der Waals surface area contributed by atoms with Crippen molar-refractivity contribution < 1.29 is 28.0 Å². The Hall–Kier alpha value is -2.55. The maximum atomic E-state index is 13.2. The van der Waals surface area contributed by atoms with Gasteiger partial charge in [0.2, 0.25) is 0 Å². The lowest BCUT2D eigenvalue weighted by atomic mass is 10.2. The summed E-state index contributed by atoms with van der Waals surface area (Å²) < 4.78 is 32.1. The number of thioether (sulfide) groups is 1. The molecule has 0 spiro atoms. The Bertz CT molecular complexity index is 1000. The number of sulfonamides is 1. The smallest absolute Gasteiger partial charge is 0.265 e. The largest absolute Gasteiger partial charge is 0.497 e. The van der Waals surface area contributed by atoms with Crippen LogP contribution in [0.15, 0.2) is 59.5 Å². The Labute approximate surface area is 186 Å². The number of carbonyl (C=O) groups is 1. The van der Waals surface area contributed by atoms with Crippen LogP contribution in [0, 0.1) is 11.8 Å². The van der Waals surface area contributed by atoms with Crippen molar-refractivity contribution >= 4 is 27.7 Å². The number of nitrogens with zero attached hydrogens (tertiary/aromatic N) is 1. The second kappa shape index (κ2) is 12.3. The Morgan fingerprint density at radius 2 is 1.87 bits per heavy atom. The zero-order valence-electron chi connectivity index (χ0n) is 17.1. The van der Waals surface area contributed by atoms with Crippen molar-refractivity contribution in [2.75, 3.05) is 19.5 Å². The summed E-state index contributed by atoms with van der Waals surface area (Å²) in [4.78, 5) is 17.7. The highest BCUT2D eigenvalue weighted by Crippen LogP contribution is 2.23. The first-order chi connectivity index (χ1) is 14.9. The van der Waals surface area contributed by atoms with Gasteiger partial charge in [-0.3, -0.25) is 14.8 Å². The molecule has 166 valence electrons. The van der Waals surface area contributed by atoms with E-state index in [1.165, 1.54) is 29.4 Å². The summed E-state index contributed by atoms with van der Waals surface area (Å²) in [6, 6.07) is 13.7. The lowest BCUT2D eigenvalue weighted by Gasteiger charge is -2.27. The van der Waals surface area contributed by atoms with Gasteiger partial charge in [-0.25, -0.2) is 13.9 Å². The van der Waals surface area contributed by atoms with Crippen molar-refractivity contribution in [1.82, 2.24) is 9.95 Å². The minimum atomic E-state index is -4.20. The van der Waals surface area contributed by atoms with Crippen LogP contribution in [0.2, 0.25) is 0 Å². The third-order valence-corrected chi connectivity index (χ3v) is 6.88. The van der Waals surface area contributed by atoms with Crippen LogP contribution in [0.3, 0.4) is 0 Å². The zero-order valence-corrected chi connectivity index (χ0v) is 18.8. The average Bonchev–Trinajstić information content (AvgIpc) is 2.80. The molecule has 1 atom stereocenters. The molecule has 0 saturated heterocycles. The number of hydrogen-bond donors (Lipinski definition) is 2. The molecule has 2 aromatic rings. The number of nitrogens with one attached hydrogen (secondary N) is 1. The summed E-state index contributed by atoms with van der Waals surface area (Å²) in [5.41, 5.74) is 2.49. The summed E-state index contributed by atoms with van der Waals surface area (Å²) in [5.74, 6) is 5.57. The summed E-state index contributed by atoms with van der Waals surface area (Å²) in [6.07, 6.45) is 0. The van der Waals surface area contributed by atoms with E-state index >= 15 is 0 Å². The molecule has 0 heterocycles. The molecule has 0 aromatic heterocycles. The molecule has 2 rings (SSSR count). The normalized spacial score (nSPS) is 12.0. The fourth-order valence-electron chi connectivity index (χ4n) is 2.51. The SMILES string of the molecule is CC#CCON(C(CSCc1ccc(OC)cc1)C(=O)NO)S(=O)(=O)c1ccccc1. The lowest BCUT2D eigenvalue weighted by molar-refractivity contribution is -0.148. The fraction of sp³-hybridized carbons (Fsp3) is 0.286. The summed E-state index contributed by atoms with van der Waals surface area (Å²) in [7, 11) is -2.62. The van der Waals surface area contributed by atoms with E-state index in [0.29, 0.717) is 10.2 Å². The number of hydrogen-bond acceptors (Lipinski definition) is 7. The Morgan fingerprint density at radius 1 is 1.19 bits per heavy atom. The molecule has 0 aliphatic carbocycles. The number of ether oxygens (including phenoxy) is 1. The maximum Gasteiger partial charge on any atom is 0.265 e. The first kappa shape index (κ1) is 24.7. The zero-order chi connectivity index (χ0) is 22.7. The topological polar surface area (TPSA) is 105 Å². The molecule has 2 N–H and O–H groups in total. The van der Waals surface area contributed by atoms with E-state index in [4.69, 9.17) is 9.57 Å². The summed E-state index contributed by atoms with van der Waals surface area (Å²) >= 11 is 1.32. The maximum absolute atomic E-state index is 13.2. The minimum absolute atomic E-state index is 0.0318. The number of benzene rings is 2. The first-order valence-electron chi connectivity index (χ1n) is 9.20. The van der Waals surface area contributed by atoms with Crippen molar-refractivity contribution in [1.29, 1.82) is 0 Å². The molecular formula is C21H24N2O6S2. The van der Waals surface area contributed by atoms with Gasteiger partial charge in [0.05, 0.1) is 12.0 Å². The standard InChI is InChI=1S/C21H24N2O6S2/c1-3-4-14-29-23(31(26,27)19-8-6-5-7-9-19)20(21(24)22-25)16-30-15-17-10-12-18(28-2)13-11-17/h5-13,20,25H,14-16H2,1-2H3,(H,22,24). The molecule has 0 bridgehead atoms. The number of hydroxylamine groups is 2. The van der Waals surface area contributed by atoms with Gasteiger partial charge in [-0.2, -0.15) is 11.8 Å². The lowest BCUT2D eigenvalue weighted by Crippen LogP contribution is -2.50. The van der Waals surface area contributed by atoms with Crippen molar-refractivity contribution in [3.8, 4) is 17.6 Å². The van der Waals surface area contributed by atoms with Crippen LogP contribution in [0.1, 0.15) is 12.5 Å². The fourth-order valence-corrected chi connectivity index (χ4v) is 5.06. The van der Waals surface area contributed by atoms with Crippen LogP contribution in [0.5, 0.6) is 5.75 Å². The van der Waals surface area contributed by atoms with Gasteiger partial charge in [0.15, 0.2) is 0 Å². The van der Waals surface area contributed by atoms with Crippen LogP contribution in [0.4, 0.5) is 0 Å². The van der Waals surface area contributed by atoms with E-state index in [0.717, 1.165) is 11.3 Å². The van der Waals surface area contributed by atoms with Gasteiger partial charge in [0.1, 0.15) is 18.4 Å². The quantitative estimate of drug-likeness (QED) is 0.299. The van der Waals surface area contributed by atoms with E-state index in [-0.39, 0.29) is 17.3 Å². The van der Waals surface area contributed by atoms with Gasteiger partial charge in [-0.1, -0.05) is 40.7 Å². The van der Waals surface area contributed by atoms with Crippen LogP contribution < -0.4 is 10.2 Å². The number of rotatable bonds is 11. The van der Waals surface area contributed by atoms with Crippen LogP contribution in [0.25, 0.3) is 0 Å². The van der Waals surface area contributed by atoms with E-state index in [2.05, 4.69) is 11.8 Å². The molecule has 2 aromatic carbocycles. The number of amides is 1. The van der Waals surface area contributed by atoms with E-state index in [1.54, 1.807) is 32.2 Å². The molecular weight excluding hydrogens is 440 g/mol. The van der Waals surface area contributed by atoms with Gasteiger partial charge in [0.25, 0.3) is 15.9 Å². The molecule has 1 unspecified atom stereocenters. The second-order valence-electron chi connectivity index (χ2n) is 6.13. The van der Waals surface area contributed by atoms with Gasteiger partial charge in [0, 0.05) is 11.5 Å². The van der Waals surface area contributed by atoms with Crippen molar-refractivity contribution in [3.05, 3.63) is 60.2 Å². The Kier molecular flexibility index (Phi) is 9.84. The van der Waals surface area contributed by atoms with Gasteiger partial charge in [-0.05, 0) is 36.8 Å². The Balaban J connectivity index is 2.24. The van der Waals surface area contributed by atoms with Gasteiger partial charge < -0.3 is 4.74 Å². The van der Waals surface area contributed by atoms with Crippen LogP contribution >= 0.6 is 11.8 Å².